The minimum atomic E-state index is -2.07. The van der Waals surface area contributed by atoms with Gasteiger partial charge in [0.05, 0.1) is 15.2 Å². The van der Waals surface area contributed by atoms with Crippen LogP contribution in [0.2, 0.25) is 52.4 Å². The van der Waals surface area contributed by atoms with Crippen LogP contribution in [-0.2, 0) is 13.0 Å². The van der Waals surface area contributed by atoms with Crippen LogP contribution in [0, 0.1) is 0 Å². The van der Waals surface area contributed by atoms with Crippen LogP contribution in [0.25, 0.3) is 0 Å². The van der Waals surface area contributed by atoms with Crippen LogP contribution in [0.4, 0.5) is 0 Å². The summed E-state index contributed by atoms with van der Waals surface area (Å²) in [5, 5.41) is 0. The normalized spacial score (nSPS) is 17.7. The van der Waals surface area contributed by atoms with E-state index in [-0.39, 0.29) is 15.2 Å². The molecule has 20 heavy (non-hydrogen) atoms. The highest BCUT2D eigenvalue weighted by molar-refractivity contribution is 6.82. The first-order valence-corrected chi connectivity index (χ1v) is 19.3. The highest BCUT2D eigenvalue weighted by atomic mass is 28.4. The van der Waals surface area contributed by atoms with E-state index < -0.39 is 25.2 Å². The largest absolute Gasteiger partial charge is 0.436 e. The molecule has 0 radical (unpaired) electrons. The molecule has 0 aliphatic rings. The van der Waals surface area contributed by atoms with E-state index in [0.29, 0.717) is 5.73 Å². The van der Waals surface area contributed by atoms with E-state index in [9.17, 15) is 0 Å². The summed E-state index contributed by atoms with van der Waals surface area (Å²) in [6, 6.07) is 0. The van der Waals surface area contributed by atoms with Crippen molar-refractivity contribution in [2.24, 2.45) is 0 Å². The quantitative estimate of drug-likeness (QED) is 0.593. The van der Waals surface area contributed by atoms with Gasteiger partial charge in [-0.05, 0) is 59.2 Å². The van der Waals surface area contributed by atoms with Crippen molar-refractivity contribution in [1.82, 2.24) is 0 Å². The number of hydrogen-bond acceptors (Lipinski definition) is 3. The second kappa shape index (κ2) is 7.84. The van der Waals surface area contributed by atoms with Crippen LogP contribution in [0.3, 0.4) is 0 Å². The van der Waals surface area contributed by atoms with Gasteiger partial charge in [0.25, 0.3) is 0 Å². The lowest BCUT2D eigenvalue weighted by Crippen LogP contribution is -2.55. The molecule has 3 nitrogen and oxygen atoms in total. The molecule has 0 saturated carbocycles. The van der Waals surface area contributed by atoms with Crippen molar-refractivity contribution in [2.75, 3.05) is 0 Å². The summed E-state index contributed by atoms with van der Waals surface area (Å²) in [5.74, 6) is 0. The maximum Gasteiger partial charge on any atom is 0.321 e. The number of rotatable bonds is 9. The molecule has 0 rings (SSSR count). The van der Waals surface area contributed by atoms with Gasteiger partial charge in [-0.1, -0.05) is 13.5 Å². The Balaban J connectivity index is 4.83. The van der Waals surface area contributed by atoms with Gasteiger partial charge in [-0.3, -0.25) is 0 Å². The van der Waals surface area contributed by atoms with Crippen LogP contribution >= 0.6 is 0 Å². The fourth-order valence-corrected chi connectivity index (χ4v) is 15.6. The Labute approximate surface area is 132 Å². The minimum Gasteiger partial charge on any atom is -0.436 e. The minimum absolute atomic E-state index is 0.107. The Morgan fingerprint density at radius 2 is 1.45 bits per heavy atom. The van der Waals surface area contributed by atoms with E-state index in [1.807, 2.05) is 0 Å². The molecule has 0 heterocycles. The highest BCUT2D eigenvalue weighted by Gasteiger charge is 2.41. The molecular formula is C13H36O3Si4. The Hall–Kier alpha value is 0.748. The Morgan fingerprint density at radius 3 is 1.80 bits per heavy atom. The van der Waals surface area contributed by atoms with Crippen LogP contribution < -0.4 is 0 Å². The summed E-state index contributed by atoms with van der Waals surface area (Å²) >= 11 is 0. The average molecular weight is 353 g/mol. The van der Waals surface area contributed by atoms with Crippen LogP contribution in [0.5, 0.6) is 0 Å². The molecule has 2 unspecified atom stereocenters. The highest BCUT2D eigenvalue weighted by Crippen LogP contribution is 2.25. The van der Waals surface area contributed by atoms with Gasteiger partial charge in [0.15, 0.2) is 8.32 Å². The predicted octanol–water partition coefficient (Wildman–Crippen LogP) is 3.66. The third-order valence-electron chi connectivity index (χ3n) is 3.20. The van der Waals surface area contributed by atoms with Gasteiger partial charge >= 0.3 is 8.56 Å². The monoisotopic (exact) mass is 352 g/mol. The summed E-state index contributed by atoms with van der Waals surface area (Å²) < 4.78 is 19.2. The lowest BCUT2D eigenvalue weighted by Gasteiger charge is -2.40. The van der Waals surface area contributed by atoms with Crippen LogP contribution in [-0.4, -0.2) is 46.2 Å². The summed E-state index contributed by atoms with van der Waals surface area (Å²) in [5.41, 5.74) is 0.695. The molecule has 0 saturated heterocycles. The molecule has 0 aliphatic heterocycles. The fraction of sp³-hybridized carbons (Fsp3) is 1.00. The number of hydrogen-bond donors (Lipinski definition) is 0. The standard InChI is InChI=1S/C13H36O3Si4/c1-11-13(19(7,8)14-12(2)17-3)15-20(9,10)16-18(4,5)6/h12-13H,11,17H2,1-10H3. The molecule has 122 valence electrons. The van der Waals surface area contributed by atoms with Gasteiger partial charge in [-0.15, -0.1) is 0 Å². The van der Waals surface area contributed by atoms with Gasteiger partial charge in [0.2, 0.25) is 8.32 Å². The molecule has 0 aliphatic carbocycles. The van der Waals surface area contributed by atoms with Crippen molar-refractivity contribution < 1.29 is 13.0 Å². The lowest BCUT2D eigenvalue weighted by atomic mass is 10.5. The van der Waals surface area contributed by atoms with Crippen molar-refractivity contribution in [3.8, 4) is 0 Å². The first-order valence-electron chi connectivity index (χ1n) is 7.88. The zero-order valence-corrected chi connectivity index (χ0v) is 19.7. The summed E-state index contributed by atoms with van der Waals surface area (Å²) in [7, 11) is -5.54. The van der Waals surface area contributed by atoms with E-state index in [0.717, 1.165) is 6.42 Å². The predicted molar refractivity (Wildman–Crippen MR) is 99.5 cm³/mol. The van der Waals surface area contributed by atoms with E-state index in [4.69, 9.17) is 13.0 Å². The molecule has 0 aromatic heterocycles. The molecule has 0 amide bonds. The SMILES string of the molecule is CCC(O[Si](C)(C)O[Si](C)(C)C)[Si](C)(C)OC(C)[SiH2]C. The Kier molecular flexibility index (Phi) is 8.14. The molecule has 0 fully saturated rings. The van der Waals surface area contributed by atoms with Crippen LogP contribution in [0.15, 0.2) is 0 Å². The molecule has 2 atom stereocenters. The van der Waals surface area contributed by atoms with Gasteiger partial charge in [0.1, 0.15) is 0 Å². The van der Waals surface area contributed by atoms with Crippen LogP contribution in [0.1, 0.15) is 20.3 Å². The van der Waals surface area contributed by atoms with Gasteiger partial charge in [0, 0.05) is 5.73 Å². The van der Waals surface area contributed by atoms with E-state index in [1.54, 1.807) is 0 Å². The lowest BCUT2D eigenvalue weighted by molar-refractivity contribution is 0.167. The maximum absolute atomic E-state index is 6.48. The third kappa shape index (κ3) is 8.25. The first-order chi connectivity index (χ1) is 8.83. The zero-order chi connectivity index (χ0) is 16.2. The van der Waals surface area contributed by atoms with E-state index in [2.05, 4.69) is 66.2 Å². The average Bonchev–Trinajstić information content (AvgIpc) is 2.21. The Bertz CT molecular complexity index is 290. The van der Waals surface area contributed by atoms with Gasteiger partial charge in [-0.25, -0.2) is 0 Å². The smallest absolute Gasteiger partial charge is 0.321 e. The van der Waals surface area contributed by atoms with E-state index >= 15 is 0 Å². The van der Waals surface area contributed by atoms with Crippen molar-refractivity contribution in [1.29, 1.82) is 0 Å². The molecule has 7 heteroatoms. The zero-order valence-electron chi connectivity index (χ0n) is 15.3. The Morgan fingerprint density at radius 1 is 0.950 bits per heavy atom. The summed E-state index contributed by atoms with van der Waals surface area (Å²) in [4.78, 5) is 0. The maximum atomic E-state index is 6.48. The fourth-order valence-electron chi connectivity index (χ4n) is 2.50. The topological polar surface area (TPSA) is 27.7 Å². The van der Waals surface area contributed by atoms with Crippen molar-refractivity contribution in [3.63, 3.8) is 0 Å². The molecule has 0 N–H and O–H groups in total. The molecule has 0 spiro atoms. The second-order valence-corrected chi connectivity index (χ2v) is 21.7. The second-order valence-electron chi connectivity index (χ2n) is 7.57. The summed E-state index contributed by atoms with van der Waals surface area (Å²) in [6.45, 7) is 22.4. The molecular weight excluding hydrogens is 316 g/mol. The first kappa shape index (κ1) is 20.7. The molecule has 0 aromatic carbocycles. The van der Waals surface area contributed by atoms with E-state index in [1.165, 1.54) is 0 Å². The van der Waals surface area contributed by atoms with Crippen molar-refractivity contribution >= 4 is 34.7 Å². The summed E-state index contributed by atoms with van der Waals surface area (Å²) in [6.07, 6.45) is 1.02. The van der Waals surface area contributed by atoms with Gasteiger partial charge < -0.3 is 13.0 Å². The van der Waals surface area contributed by atoms with Crippen molar-refractivity contribution in [3.05, 3.63) is 0 Å². The van der Waals surface area contributed by atoms with Crippen molar-refractivity contribution in [2.45, 2.75) is 84.1 Å². The molecule has 0 aromatic rings. The molecule has 0 bridgehead atoms. The van der Waals surface area contributed by atoms with Gasteiger partial charge in [-0.2, -0.15) is 0 Å². The third-order valence-corrected chi connectivity index (χ3v) is 13.4.